The molecule has 0 spiro atoms. The first-order valence-corrected chi connectivity index (χ1v) is 11.6. The van der Waals surface area contributed by atoms with E-state index < -0.39 is 18.1 Å². The van der Waals surface area contributed by atoms with Crippen molar-refractivity contribution < 1.29 is 29.3 Å². The Balaban J connectivity index is 0.000000256. The summed E-state index contributed by atoms with van der Waals surface area (Å²) < 4.78 is 10.5. The number of hydrogen-bond acceptors (Lipinski definition) is 5. The third-order valence-electron chi connectivity index (χ3n) is 4.92. The number of rotatable bonds is 11. The fraction of sp³-hybridized carbons (Fsp3) is 0.286. The van der Waals surface area contributed by atoms with Crippen molar-refractivity contribution in [2.24, 2.45) is 0 Å². The van der Waals surface area contributed by atoms with E-state index in [4.69, 9.17) is 19.7 Å². The zero-order valence-corrected chi connectivity index (χ0v) is 19.9. The van der Waals surface area contributed by atoms with E-state index in [0.717, 1.165) is 12.8 Å². The van der Waals surface area contributed by atoms with Crippen molar-refractivity contribution in [2.75, 3.05) is 6.61 Å². The number of phenols is 1. The molecule has 0 saturated carbocycles. The summed E-state index contributed by atoms with van der Waals surface area (Å²) in [6, 6.07) is 25.5. The fourth-order valence-electron chi connectivity index (χ4n) is 3.00. The highest BCUT2D eigenvalue weighted by Crippen LogP contribution is 2.11. The Kier molecular flexibility index (Phi) is 12.5. The number of hydrogen-bond donors (Lipinski definition) is 3. The molecule has 0 aliphatic heterocycles. The molecule has 3 aromatic carbocycles. The van der Waals surface area contributed by atoms with Crippen LogP contribution in [0.2, 0.25) is 0 Å². The van der Waals surface area contributed by atoms with Gasteiger partial charge in [0.05, 0.1) is 19.8 Å². The minimum Gasteiger partial charge on any atom is -0.508 e. The van der Waals surface area contributed by atoms with Crippen LogP contribution in [0.4, 0.5) is 4.79 Å². The topological polar surface area (TPSA) is 105 Å². The van der Waals surface area contributed by atoms with Gasteiger partial charge in [-0.25, -0.2) is 9.59 Å². The van der Waals surface area contributed by atoms with Gasteiger partial charge in [-0.2, -0.15) is 0 Å². The van der Waals surface area contributed by atoms with E-state index in [1.807, 2.05) is 43.3 Å². The highest BCUT2D eigenvalue weighted by Gasteiger charge is 2.21. The first kappa shape index (κ1) is 27.4. The lowest BCUT2D eigenvalue weighted by Crippen LogP contribution is -2.42. The zero-order valence-electron chi connectivity index (χ0n) is 19.9. The van der Waals surface area contributed by atoms with Crippen LogP contribution < -0.4 is 5.32 Å². The van der Waals surface area contributed by atoms with Crippen LogP contribution >= 0.6 is 0 Å². The number of amides is 1. The first-order valence-electron chi connectivity index (χ1n) is 11.6. The van der Waals surface area contributed by atoms with Crippen molar-refractivity contribution in [3.8, 4) is 5.75 Å². The summed E-state index contributed by atoms with van der Waals surface area (Å²) in [6.07, 6.45) is 1.02. The summed E-state index contributed by atoms with van der Waals surface area (Å²) in [5.41, 5.74) is 3.13. The van der Waals surface area contributed by atoms with E-state index >= 15 is 0 Å². The normalized spacial score (nSPS) is 11.0. The van der Waals surface area contributed by atoms with Crippen molar-refractivity contribution in [3.63, 3.8) is 0 Å². The molecule has 7 nitrogen and oxygen atoms in total. The standard InChI is InChI=1S/C14H19NO5.C14H14O/c1-2-3-8-20-14(19)15-12(13(17)18)9-10-4-6-11(16)7-5-10;1-3-7-13(8-4-1)11-15-12-14-9-5-2-6-10-14/h4-7,12,16H,2-3,8-9H2,1H3,(H,15,19)(H,17,18);1-10H,11-12H2. The Morgan fingerprint density at radius 3 is 1.86 bits per heavy atom. The third kappa shape index (κ3) is 11.7. The number of carbonyl (C=O) groups excluding carboxylic acids is 1. The average molecular weight is 480 g/mol. The average Bonchev–Trinajstić information content (AvgIpc) is 2.87. The molecule has 0 aliphatic carbocycles. The largest absolute Gasteiger partial charge is 0.508 e. The SMILES string of the molecule is CCCCOC(=O)NC(Cc1ccc(O)cc1)C(=O)O.c1ccc(COCc2ccccc2)cc1. The summed E-state index contributed by atoms with van der Waals surface area (Å²) in [7, 11) is 0. The van der Waals surface area contributed by atoms with Gasteiger partial charge >= 0.3 is 12.1 Å². The highest BCUT2D eigenvalue weighted by atomic mass is 16.5. The lowest BCUT2D eigenvalue weighted by Gasteiger charge is -2.14. The number of aliphatic carboxylic acids is 1. The molecule has 1 amide bonds. The predicted molar refractivity (Wildman–Crippen MR) is 134 cm³/mol. The second kappa shape index (κ2) is 15.9. The molecule has 35 heavy (non-hydrogen) atoms. The van der Waals surface area contributed by atoms with Crippen LogP contribution in [0.15, 0.2) is 84.9 Å². The predicted octanol–water partition coefficient (Wildman–Crippen LogP) is 5.32. The lowest BCUT2D eigenvalue weighted by atomic mass is 10.1. The Bertz CT molecular complexity index is 953. The molecule has 3 aromatic rings. The van der Waals surface area contributed by atoms with Crippen LogP contribution in [0.1, 0.15) is 36.5 Å². The maximum absolute atomic E-state index is 11.4. The van der Waals surface area contributed by atoms with Crippen LogP contribution in [0.3, 0.4) is 0 Å². The van der Waals surface area contributed by atoms with Crippen LogP contribution in [-0.4, -0.2) is 34.9 Å². The van der Waals surface area contributed by atoms with Crippen molar-refractivity contribution >= 4 is 12.1 Å². The van der Waals surface area contributed by atoms with Crippen molar-refractivity contribution in [1.82, 2.24) is 5.32 Å². The number of unbranched alkanes of at least 4 members (excludes halogenated alkanes) is 1. The van der Waals surface area contributed by atoms with Gasteiger partial charge in [-0.1, -0.05) is 86.1 Å². The Morgan fingerprint density at radius 1 is 0.829 bits per heavy atom. The van der Waals surface area contributed by atoms with Crippen LogP contribution in [0.25, 0.3) is 0 Å². The Labute approximate surface area is 206 Å². The molecule has 3 N–H and O–H groups in total. The molecule has 186 valence electrons. The van der Waals surface area contributed by atoms with E-state index in [2.05, 4.69) is 29.6 Å². The molecule has 0 bridgehead atoms. The molecule has 7 heteroatoms. The molecule has 0 saturated heterocycles. The van der Waals surface area contributed by atoms with Gasteiger partial charge in [0.1, 0.15) is 11.8 Å². The van der Waals surface area contributed by atoms with Crippen LogP contribution in [0.5, 0.6) is 5.75 Å². The van der Waals surface area contributed by atoms with E-state index in [0.29, 0.717) is 18.8 Å². The van der Waals surface area contributed by atoms with Gasteiger partial charge in [-0.15, -0.1) is 0 Å². The quantitative estimate of drug-likeness (QED) is 0.322. The minimum atomic E-state index is -1.13. The maximum Gasteiger partial charge on any atom is 0.407 e. The fourth-order valence-corrected chi connectivity index (χ4v) is 3.00. The summed E-state index contributed by atoms with van der Waals surface area (Å²) in [5, 5.41) is 20.6. The van der Waals surface area contributed by atoms with E-state index in [1.54, 1.807) is 12.1 Å². The summed E-state index contributed by atoms with van der Waals surface area (Å²) in [4.78, 5) is 22.6. The number of nitrogens with one attached hydrogen (secondary N) is 1. The number of benzene rings is 3. The molecule has 1 atom stereocenters. The summed E-state index contributed by atoms with van der Waals surface area (Å²) in [5.74, 6) is -1.03. The number of carbonyl (C=O) groups is 2. The second-order valence-electron chi connectivity index (χ2n) is 7.86. The molecular formula is C28H33NO6. The number of phenolic OH excluding ortho intramolecular Hbond substituents is 1. The molecule has 0 aromatic heterocycles. The molecule has 0 radical (unpaired) electrons. The maximum atomic E-state index is 11.4. The molecule has 1 unspecified atom stereocenters. The van der Waals surface area contributed by atoms with Crippen molar-refractivity contribution in [3.05, 3.63) is 102 Å². The first-order chi connectivity index (χ1) is 17.0. The monoisotopic (exact) mass is 479 g/mol. The number of ether oxygens (including phenoxy) is 2. The summed E-state index contributed by atoms with van der Waals surface area (Å²) in [6.45, 7) is 3.59. The van der Waals surface area contributed by atoms with Gasteiger partial charge in [-0.3, -0.25) is 0 Å². The molecule has 0 fully saturated rings. The number of aromatic hydroxyl groups is 1. The second-order valence-corrected chi connectivity index (χ2v) is 7.86. The molecule has 0 heterocycles. The molecule has 0 aliphatic rings. The Morgan fingerprint density at radius 2 is 1.37 bits per heavy atom. The summed E-state index contributed by atoms with van der Waals surface area (Å²) >= 11 is 0. The van der Waals surface area contributed by atoms with Crippen molar-refractivity contribution in [2.45, 2.75) is 45.4 Å². The molecular weight excluding hydrogens is 446 g/mol. The Hall–Kier alpha value is -3.84. The van der Waals surface area contributed by atoms with Crippen LogP contribution in [-0.2, 0) is 33.9 Å². The van der Waals surface area contributed by atoms with Crippen LogP contribution in [0, 0.1) is 0 Å². The van der Waals surface area contributed by atoms with Crippen molar-refractivity contribution in [1.29, 1.82) is 0 Å². The number of carboxylic acid groups (broad SMARTS) is 1. The lowest BCUT2D eigenvalue weighted by molar-refractivity contribution is -0.139. The van der Waals surface area contributed by atoms with Gasteiger partial charge in [0.15, 0.2) is 0 Å². The van der Waals surface area contributed by atoms with Gasteiger partial charge in [-0.05, 0) is 35.2 Å². The molecule has 3 rings (SSSR count). The number of carboxylic acids is 1. The minimum absolute atomic E-state index is 0.104. The van der Waals surface area contributed by atoms with E-state index in [-0.39, 0.29) is 18.8 Å². The van der Waals surface area contributed by atoms with Gasteiger partial charge in [0.25, 0.3) is 0 Å². The van der Waals surface area contributed by atoms with Gasteiger partial charge in [0.2, 0.25) is 0 Å². The van der Waals surface area contributed by atoms with E-state index in [9.17, 15) is 9.59 Å². The smallest absolute Gasteiger partial charge is 0.407 e. The zero-order chi connectivity index (χ0) is 25.3. The van der Waals surface area contributed by atoms with Gasteiger partial charge in [0, 0.05) is 6.42 Å². The highest BCUT2D eigenvalue weighted by molar-refractivity contribution is 5.80. The third-order valence-corrected chi connectivity index (χ3v) is 4.92. The van der Waals surface area contributed by atoms with Gasteiger partial charge < -0.3 is 25.0 Å². The van der Waals surface area contributed by atoms with E-state index in [1.165, 1.54) is 23.3 Å². The number of alkyl carbamates (subject to hydrolysis) is 1.